The molecule has 0 aliphatic carbocycles. The fraction of sp³-hybridized carbons (Fsp3) is 0.333. The van der Waals surface area contributed by atoms with E-state index in [1.807, 2.05) is 30.3 Å². The Morgan fingerprint density at radius 1 is 1.33 bits per heavy atom. The van der Waals surface area contributed by atoms with Gasteiger partial charge in [-0.25, -0.2) is 4.39 Å². The quantitative estimate of drug-likeness (QED) is 0.721. The normalized spacial score (nSPS) is 15.6. The van der Waals surface area contributed by atoms with Crippen molar-refractivity contribution < 1.29 is 9.50 Å². The van der Waals surface area contributed by atoms with Crippen molar-refractivity contribution in [3.8, 4) is 0 Å². The molecule has 12 heavy (non-hydrogen) atoms. The summed E-state index contributed by atoms with van der Waals surface area (Å²) in [5.41, 5.74) is -0.807. The average molecular weight is 189 g/mol. The molecule has 0 saturated heterocycles. The van der Waals surface area contributed by atoms with Gasteiger partial charge in [-0.05, 0) is 5.56 Å². The van der Waals surface area contributed by atoms with Gasteiger partial charge in [0.15, 0.2) is 5.63 Å². The number of alkyl halides is 2. The smallest absolute Gasteiger partial charge is 0.199 e. The maximum absolute atomic E-state index is 12.3. The summed E-state index contributed by atoms with van der Waals surface area (Å²) in [6.07, 6.45) is -0.861. The Kier molecular flexibility index (Phi) is 3.50. The number of hydrogen-bond acceptors (Lipinski definition) is 1. The molecule has 0 fully saturated rings. The van der Waals surface area contributed by atoms with Crippen LogP contribution in [0, 0.1) is 0 Å². The second kappa shape index (κ2) is 4.43. The van der Waals surface area contributed by atoms with Crippen LogP contribution in [-0.4, -0.2) is 16.8 Å². The highest BCUT2D eigenvalue weighted by molar-refractivity contribution is 6.19. The van der Waals surface area contributed by atoms with Crippen molar-refractivity contribution in [3.63, 3.8) is 0 Å². The van der Waals surface area contributed by atoms with Crippen molar-refractivity contribution in [1.29, 1.82) is 0 Å². The van der Waals surface area contributed by atoms with Crippen molar-refractivity contribution in [3.05, 3.63) is 35.9 Å². The molecule has 1 N–H and O–H groups in total. The van der Waals surface area contributed by atoms with E-state index in [0.717, 1.165) is 5.56 Å². The van der Waals surface area contributed by atoms with Gasteiger partial charge >= 0.3 is 0 Å². The first-order chi connectivity index (χ1) is 5.70. The molecule has 0 heterocycles. The number of hydrogen-bond donors (Lipinski definition) is 1. The zero-order chi connectivity index (χ0) is 8.97. The van der Waals surface area contributed by atoms with Crippen LogP contribution < -0.4 is 0 Å². The van der Waals surface area contributed by atoms with Gasteiger partial charge in [-0.2, -0.15) is 0 Å². The second-order valence-electron chi connectivity index (χ2n) is 2.59. The summed E-state index contributed by atoms with van der Waals surface area (Å²) in [4.78, 5) is 0. The molecule has 0 bridgehead atoms. The van der Waals surface area contributed by atoms with Gasteiger partial charge in [-0.1, -0.05) is 41.9 Å². The van der Waals surface area contributed by atoms with Crippen molar-refractivity contribution in [2.24, 2.45) is 0 Å². The molecule has 3 heteroatoms. The van der Waals surface area contributed by atoms with Gasteiger partial charge in [-0.3, -0.25) is 0 Å². The first-order valence-electron chi connectivity index (χ1n) is 3.70. The van der Waals surface area contributed by atoms with Crippen LogP contribution in [0.1, 0.15) is 5.56 Å². The van der Waals surface area contributed by atoms with Crippen LogP contribution in [0.15, 0.2) is 30.3 Å². The molecule has 1 aromatic carbocycles. The van der Waals surface area contributed by atoms with Gasteiger partial charge in [0, 0.05) is 6.42 Å². The third kappa shape index (κ3) is 2.80. The zero-order valence-corrected chi connectivity index (χ0v) is 7.21. The average Bonchev–Trinajstić information content (AvgIpc) is 2.06. The summed E-state index contributed by atoms with van der Waals surface area (Å²) in [5.74, 6) is 0. The highest BCUT2D eigenvalue weighted by Crippen LogP contribution is 2.10. The molecule has 2 atom stereocenters. The van der Waals surface area contributed by atoms with Crippen molar-refractivity contribution >= 4 is 11.6 Å². The molecular weight excluding hydrogens is 179 g/mol. The van der Waals surface area contributed by atoms with Gasteiger partial charge in [0.1, 0.15) is 6.10 Å². The van der Waals surface area contributed by atoms with E-state index in [2.05, 4.69) is 0 Å². The predicted molar refractivity (Wildman–Crippen MR) is 46.9 cm³/mol. The largest absolute Gasteiger partial charge is 0.388 e. The van der Waals surface area contributed by atoms with Crippen LogP contribution in [0.25, 0.3) is 0 Å². The van der Waals surface area contributed by atoms with Crippen LogP contribution in [0.5, 0.6) is 0 Å². The standard InChI is InChI=1S/C9H10ClFO/c10-9(11)8(12)6-7-4-2-1-3-5-7/h1-5,8-9,12H,6H2. The first kappa shape index (κ1) is 9.49. The molecule has 66 valence electrons. The summed E-state index contributed by atoms with van der Waals surface area (Å²) >= 11 is 5.06. The Labute approximate surface area is 75.8 Å². The Morgan fingerprint density at radius 3 is 2.42 bits per heavy atom. The minimum absolute atomic E-state index is 0.255. The molecule has 1 aromatic rings. The molecule has 0 aliphatic heterocycles. The van der Waals surface area contributed by atoms with Crippen LogP contribution in [0.4, 0.5) is 4.39 Å². The highest BCUT2D eigenvalue weighted by Gasteiger charge is 2.14. The van der Waals surface area contributed by atoms with Gasteiger partial charge in [0.05, 0.1) is 0 Å². The molecule has 0 amide bonds. The lowest BCUT2D eigenvalue weighted by atomic mass is 10.1. The van der Waals surface area contributed by atoms with Gasteiger partial charge < -0.3 is 5.11 Å². The van der Waals surface area contributed by atoms with Crippen LogP contribution >= 0.6 is 11.6 Å². The lowest BCUT2D eigenvalue weighted by Gasteiger charge is -2.09. The minimum atomic E-state index is -1.69. The molecule has 1 nitrogen and oxygen atoms in total. The topological polar surface area (TPSA) is 20.2 Å². The van der Waals surface area contributed by atoms with Gasteiger partial charge in [-0.15, -0.1) is 0 Å². The molecule has 0 saturated carbocycles. The summed E-state index contributed by atoms with van der Waals surface area (Å²) in [6.45, 7) is 0. The Hall–Kier alpha value is -0.600. The maximum atomic E-state index is 12.3. The van der Waals surface area contributed by atoms with E-state index >= 15 is 0 Å². The van der Waals surface area contributed by atoms with Crippen molar-refractivity contribution in [2.75, 3.05) is 0 Å². The first-order valence-corrected chi connectivity index (χ1v) is 4.14. The third-order valence-electron chi connectivity index (χ3n) is 1.58. The lowest BCUT2D eigenvalue weighted by Crippen LogP contribution is -2.19. The summed E-state index contributed by atoms with van der Waals surface area (Å²) in [7, 11) is 0. The number of aliphatic hydroxyl groups is 1. The summed E-state index contributed by atoms with van der Waals surface area (Å²) in [5, 5.41) is 9.07. The summed E-state index contributed by atoms with van der Waals surface area (Å²) in [6, 6.07) is 9.18. The zero-order valence-electron chi connectivity index (χ0n) is 6.45. The van der Waals surface area contributed by atoms with E-state index < -0.39 is 11.7 Å². The molecule has 0 aliphatic rings. The summed E-state index contributed by atoms with van der Waals surface area (Å²) < 4.78 is 12.3. The second-order valence-corrected chi connectivity index (χ2v) is 3.01. The van der Waals surface area contributed by atoms with Gasteiger partial charge in [0.25, 0.3) is 0 Å². The van der Waals surface area contributed by atoms with Crippen molar-refractivity contribution in [1.82, 2.24) is 0 Å². The number of rotatable bonds is 3. The monoisotopic (exact) mass is 188 g/mol. The molecular formula is C9H10ClFO. The third-order valence-corrected chi connectivity index (χ3v) is 1.87. The van der Waals surface area contributed by atoms with Gasteiger partial charge in [0.2, 0.25) is 0 Å². The maximum Gasteiger partial charge on any atom is 0.199 e. The van der Waals surface area contributed by atoms with E-state index in [-0.39, 0.29) is 6.42 Å². The fourth-order valence-corrected chi connectivity index (χ4v) is 1.03. The Morgan fingerprint density at radius 2 is 1.92 bits per heavy atom. The number of benzene rings is 1. The molecule has 0 spiro atoms. The molecule has 2 unspecified atom stereocenters. The predicted octanol–water partition coefficient (Wildman–Crippen LogP) is 2.12. The van der Waals surface area contributed by atoms with Crippen LogP contribution in [0.3, 0.4) is 0 Å². The molecule has 0 aromatic heterocycles. The van der Waals surface area contributed by atoms with Crippen LogP contribution in [-0.2, 0) is 6.42 Å². The fourth-order valence-electron chi connectivity index (χ4n) is 0.945. The SMILES string of the molecule is OC(Cc1ccccc1)C(F)Cl. The van der Waals surface area contributed by atoms with E-state index in [0.29, 0.717) is 0 Å². The van der Waals surface area contributed by atoms with E-state index in [1.54, 1.807) is 0 Å². The number of halogens is 2. The molecule has 1 rings (SSSR count). The van der Waals surface area contributed by atoms with E-state index in [1.165, 1.54) is 0 Å². The lowest BCUT2D eigenvalue weighted by molar-refractivity contribution is 0.119. The Balaban J connectivity index is 2.53. The number of aliphatic hydroxyl groups excluding tert-OH is 1. The minimum Gasteiger partial charge on any atom is -0.388 e. The van der Waals surface area contributed by atoms with Crippen LogP contribution in [0.2, 0.25) is 0 Å². The highest BCUT2D eigenvalue weighted by atomic mass is 35.5. The molecule has 0 radical (unpaired) electrons. The van der Waals surface area contributed by atoms with Crippen molar-refractivity contribution in [2.45, 2.75) is 18.2 Å². The van der Waals surface area contributed by atoms with E-state index in [9.17, 15) is 4.39 Å². The Bertz CT molecular complexity index is 225. The van der Waals surface area contributed by atoms with E-state index in [4.69, 9.17) is 16.7 Å².